The minimum Gasteiger partial charge on any atom is -0.469 e. The summed E-state index contributed by atoms with van der Waals surface area (Å²) in [6.07, 6.45) is -0.136. The molecule has 2 N–H and O–H groups in total. The van der Waals surface area contributed by atoms with Crippen molar-refractivity contribution in [3.63, 3.8) is 0 Å². The van der Waals surface area contributed by atoms with E-state index in [1.165, 1.54) is 12.0 Å². The number of ether oxygens (including phenoxy) is 1. The minimum atomic E-state index is -0.794. The van der Waals surface area contributed by atoms with Crippen LogP contribution in [0.15, 0.2) is 24.3 Å². The largest absolute Gasteiger partial charge is 0.469 e. The lowest BCUT2D eigenvalue weighted by Crippen LogP contribution is -2.60. The first-order chi connectivity index (χ1) is 11.4. The average molecular weight is 349 g/mol. The topological polar surface area (TPSA) is 87.7 Å². The predicted molar refractivity (Wildman–Crippen MR) is 91.4 cm³/mol. The van der Waals surface area contributed by atoms with Crippen molar-refractivity contribution >= 4 is 35.1 Å². The number of nitrogens with one attached hydrogen (secondary N) is 2. The molecular weight excluding hydrogens is 330 g/mol. The molecule has 2 rings (SSSR count). The maximum atomic E-state index is 12.3. The number of thiocarbonyl (C=S) groups is 1. The van der Waals surface area contributed by atoms with Gasteiger partial charge >= 0.3 is 5.97 Å². The van der Waals surface area contributed by atoms with Gasteiger partial charge in [-0.3, -0.25) is 19.7 Å². The number of benzene rings is 1. The fourth-order valence-corrected chi connectivity index (χ4v) is 2.66. The van der Waals surface area contributed by atoms with Crippen LogP contribution in [0, 0.1) is 6.92 Å². The third-order valence-electron chi connectivity index (χ3n) is 3.71. The number of nitrogens with zero attached hydrogens (tertiary/aromatic N) is 1. The van der Waals surface area contributed by atoms with E-state index >= 15 is 0 Å². The third-order valence-corrected chi connectivity index (χ3v) is 4.05. The summed E-state index contributed by atoms with van der Waals surface area (Å²) in [5.74, 6) is -1.20. The Hall–Kier alpha value is -2.48. The molecule has 1 aliphatic heterocycles. The number of esters is 1. The Kier molecular flexibility index (Phi) is 5.86. The standard InChI is InChI=1S/C16H19N3O4S/c1-10-3-5-11(6-4-10)14(21)18-16(24)19-8-7-17-15(22)12(19)9-13(20)23-2/h3-6,12H,7-9H2,1-2H3,(H,17,22)(H,18,21,24). The minimum absolute atomic E-state index is 0.115. The molecule has 1 aliphatic rings. The number of piperazine rings is 1. The van der Waals surface area contributed by atoms with Gasteiger partial charge in [0.05, 0.1) is 13.5 Å². The summed E-state index contributed by atoms with van der Waals surface area (Å²) in [7, 11) is 1.25. The summed E-state index contributed by atoms with van der Waals surface area (Å²) in [6.45, 7) is 2.72. The molecule has 0 radical (unpaired) electrons. The summed E-state index contributed by atoms with van der Waals surface area (Å²) < 4.78 is 4.61. The van der Waals surface area contributed by atoms with Gasteiger partial charge in [0, 0.05) is 18.7 Å². The van der Waals surface area contributed by atoms with Crippen molar-refractivity contribution in [2.24, 2.45) is 0 Å². The number of rotatable bonds is 3. The molecule has 0 bridgehead atoms. The average Bonchev–Trinajstić information content (AvgIpc) is 2.56. The molecule has 0 aliphatic carbocycles. The number of methoxy groups -OCH3 is 1. The van der Waals surface area contributed by atoms with E-state index in [2.05, 4.69) is 15.4 Å². The van der Waals surface area contributed by atoms with Crippen LogP contribution in [0.2, 0.25) is 0 Å². The molecule has 0 spiro atoms. The highest BCUT2D eigenvalue weighted by Crippen LogP contribution is 2.11. The zero-order valence-electron chi connectivity index (χ0n) is 13.5. The first kappa shape index (κ1) is 17.9. The third kappa shape index (κ3) is 4.29. The number of hydrogen-bond donors (Lipinski definition) is 2. The fourth-order valence-electron chi connectivity index (χ4n) is 2.35. The Balaban J connectivity index is 2.07. The highest BCUT2D eigenvalue weighted by Gasteiger charge is 2.34. The van der Waals surface area contributed by atoms with Crippen molar-refractivity contribution < 1.29 is 19.1 Å². The van der Waals surface area contributed by atoms with Gasteiger partial charge in [-0.2, -0.15) is 0 Å². The van der Waals surface area contributed by atoms with Crippen LogP contribution >= 0.6 is 12.2 Å². The fraction of sp³-hybridized carbons (Fsp3) is 0.375. The molecular formula is C16H19N3O4S. The van der Waals surface area contributed by atoms with Crippen LogP contribution in [-0.2, 0) is 14.3 Å². The Bertz CT molecular complexity index is 660. The number of carbonyl (C=O) groups is 3. The maximum Gasteiger partial charge on any atom is 0.308 e. The number of hydrogen-bond acceptors (Lipinski definition) is 5. The van der Waals surface area contributed by atoms with Gasteiger partial charge in [0.2, 0.25) is 5.91 Å². The number of carbonyl (C=O) groups excluding carboxylic acids is 3. The van der Waals surface area contributed by atoms with Gasteiger partial charge in [-0.25, -0.2) is 0 Å². The van der Waals surface area contributed by atoms with Crippen molar-refractivity contribution in [2.75, 3.05) is 20.2 Å². The van der Waals surface area contributed by atoms with Crippen LogP contribution in [0.4, 0.5) is 0 Å². The zero-order valence-corrected chi connectivity index (χ0v) is 14.3. The monoisotopic (exact) mass is 349 g/mol. The van der Waals surface area contributed by atoms with Gasteiger partial charge in [-0.15, -0.1) is 0 Å². The summed E-state index contributed by atoms with van der Waals surface area (Å²) in [6, 6.07) is 6.25. The number of amides is 2. The Morgan fingerprint density at radius 2 is 2.04 bits per heavy atom. The molecule has 2 amide bonds. The maximum absolute atomic E-state index is 12.3. The van der Waals surface area contributed by atoms with E-state index in [1.807, 2.05) is 19.1 Å². The summed E-state index contributed by atoms with van der Waals surface area (Å²) in [4.78, 5) is 37.3. The molecule has 24 heavy (non-hydrogen) atoms. The molecule has 8 heteroatoms. The van der Waals surface area contributed by atoms with E-state index in [-0.39, 0.29) is 23.3 Å². The summed E-state index contributed by atoms with van der Waals surface area (Å²) >= 11 is 5.26. The van der Waals surface area contributed by atoms with Crippen LogP contribution in [0.3, 0.4) is 0 Å². The van der Waals surface area contributed by atoms with E-state index in [0.717, 1.165) is 5.56 Å². The molecule has 7 nitrogen and oxygen atoms in total. The van der Waals surface area contributed by atoms with Crippen molar-refractivity contribution in [2.45, 2.75) is 19.4 Å². The Morgan fingerprint density at radius 3 is 2.67 bits per heavy atom. The van der Waals surface area contributed by atoms with Crippen molar-refractivity contribution in [1.82, 2.24) is 15.5 Å². The number of aryl methyl sites for hydroxylation is 1. The van der Waals surface area contributed by atoms with Gasteiger partial charge in [-0.1, -0.05) is 17.7 Å². The quantitative estimate of drug-likeness (QED) is 0.606. The smallest absolute Gasteiger partial charge is 0.308 e. The lowest BCUT2D eigenvalue weighted by Gasteiger charge is -2.36. The zero-order chi connectivity index (χ0) is 17.7. The second-order valence-corrected chi connectivity index (χ2v) is 5.79. The van der Waals surface area contributed by atoms with Crippen LogP contribution < -0.4 is 10.6 Å². The SMILES string of the molecule is COC(=O)CC1C(=O)NCCN1C(=S)NC(=O)c1ccc(C)cc1. The van der Waals surface area contributed by atoms with Crippen LogP contribution in [0.1, 0.15) is 22.3 Å². The van der Waals surface area contributed by atoms with Crippen LogP contribution in [0.5, 0.6) is 0 Å². The van der Waals surface area contributed by atoms with Crippen molar-refractivity contribution in [3.05, 3.63) is 35.4 Å². The first-order valence-corrected chi connectivity index (χ1v) is 7.86. The first-order valence-electron chi connectivity index (χ1n) is 7.45. The predicted octanol–water partition coefficient (Wildman–Crippen LogP) is 0.373. The van der Waals surface area contributed by atoms with E-state index in [0.29, 0.717) is 18.7 Å². The van der Waals surface area contributed by atoms with Gasteiger partial charge in [0.15, 0.2) is 5.11 Å². The molecule has 0 aromatic heterocycles. The second-order valence-electron chi connectivity index (χ2n) is 5.41. The molecule has 1 heterocycles. The van der Waals surface area contributed by atoms with Gasteiger partial charge in [0.1, 0.15) is 6.04 Å². The van der Waals surface area contributed by atoms with E-state index in [4.69, 9.17) is 12.2 Å². The van der Waals surface area contributed by atoms with Crippen LogP contribution in [0.25, 0.3) is 0 Å². The molecule has 1 aromatic carbocycles. The van der Waals surface area contributed by atoms with E-state index < -0.39 is 12.0 Å². The van der Waals surface area contributed by atoms with Gasteiger partial charge < -0.3 is 15.0 Å². The Labute approximate surface area is 145 Å². The molecule has 1 aromatic rings. The van der Waals surface area contributed by atoms with E-state index in [9.17, 15) is 14.4 Å². The summed E-state index contributed by atoms with van der Waals surface area (Å²) in [5.41, 5.74) is 1.51. The van der Waals surface area contributed by atoms with Gasteiger partial charge in [-0.05, 0) is 31.3 Å². The summed E-state index contributed by atoms with van der Waals surface area (Å²) in [5, 5.41) is 5.41. The van der Waals surface area contributed by atoms with E-state index in [1.54, 1.807) is 12.1 Å². The van der Waals surface area contributed by atoms with Crippen molar-refractivity contribution in [3.8, 4) is 0 Å². The highest BCUT2D eigenvalue weighted by atomic mass is 32.1. The molecule has 1 atom stereocenters. The molecule has 128 valence electrons. The Morgan fingerprint density at radius 1 is 1.38 bits per heavy atom. The lowest BCUT2D eigenvalue weighted by molar-refractivity contribution is -0.144. The van der Waals surface area contributed by atoms with Crippen LogP contribution in [-0.4, -0.2) is 54.0 Å². The normalized spacial score (nSPS) is 17.0. The molecule has 1 unspecified atom stereocenters. The molecule has 0 saturated carbocycles. The van der Waals surface area contributed by atoms with Gasteiger partial charge in [0.25, 0.3) is 5.91 Å². The second kappa shape index (κ2) is 7.87. The molecule has 1 saturated heterocycles. The van der Waals surface area contributed by atoms with Crippen molar-refractivity contribution in [1.29, 1.82) is 0 Å². The molecule has 1 fully saturated rings. The highest BCUT2D eigenvalue weighted by molar-refractivity contribution is 7.80. The lowest BCUT2D eigenvalue weighted by atomic mass is 10.1.